The third-order valence-electron chi connectivity index (χ3n) is 4.94. The van der Waals surface area contributed by atoms with Crippen LogP contribution in [0, 0.1) is 11.7 Å². The number of aromatic nitrogens is 2. The van der Waals surface area contributed by atoms with Crippen LogP contribution in [0.5, 0.6) is 0 Å². The molecule has 1 unspecified atom stereocenters. The molecule has 1 amide bonds. The summed E-state index contributed by atoms with van der Waals surface area (Å²) in [5, 5.41) is 3.90. The highest BCUT2D eigenvalue weighted by atomic mass is 19.1. The minimum atomic E-state index is -0.230. The maximum atomic E-state index is 13.4. The van der Waals surface area contributed by atoms with Gasteiger partial charge in [0, 0.05) is 33.7 Å². The Morgan fingerprint density at radius 3 is 3.11 bits per heavy atom. The molecule has 1 fully saturated rings. The van der Waals surface area contributed by atoms with E-state index < -0.39 is 0 Å². The average molecular weight is 390 g/mol. The largest absolute Gasteiger partial charge is 0.384 e. The van der Waals surface area contributed by atoms with Gasteiger partial charge in [-0.25, -0.2) is 4.39 Å². The van der Waals surface area contributed by atoms with Crippen molar-refractivity contribution in [2.75, 3.05) is 33.9 Å². The summed E-state index contributed by atoms with van der Waals surface area (Å²) in [6.07, 6.45) is 2.38. The number of nitrogens with zero attached hydrogens (tertiary/aromatic N) is 4. The molecule has 1 aliphatic heterocycles. The molecule has 0 N–H and O–H groups in total. The van der Waals surface area contributed by atoms with Crippen molar-refractivity contribution >= 4 is 5.91 Å². The van der Waals surface area contributed by atoms with Gasteiger partial charge in [0.2, 0.25) is 11.8 Å². The van der Waals surface area contributed by atoms with Gasteiger partial charge in [-0.1, -0.05) is 17.3 Å². The number of hydrogen-bond acceptors (Lipinski definition) is 6. The lowest BCUT2D eigenvalue weighted by Gasteiger charge is -2.33. The number of halogens is 1. The number of benzene rings is 1. The summed E-state index contributed by atoms with van der Waals surface area (Å²) >= 11 is 0. The molecule has 1 aliphatic rings. The molecular formula is C20H27FN4O3. The summed E-state index contributed by atoms with van der Waals surface area (Å²) in [5.74, 6) is 0.765. The van der Waals surface area contributed by atoms with E-state index in [-0.39, 0.29) is 17.6 Å². The highest BCUT2D eigenvalue weighted by molar-refractivity contribution is 5.78. The fourth-order valence-electron chi connectivity index (χ4n) is 3.54. The van der Waals surface area contributed by atoms with Crippen LogP contribution < -0.4 is 0 Å². The molecule has 1 aromatic carbocycles. The number of amides is 1. The van der Waals surface area contributed by atoms with Crippen molar-refractivity contribution in [2.24, 2.45) is 5.92 Å². The van der Waals surface area contributed by atoms with Gasteiger partial charge in [0.25, 0.3) is 0 Å². The van der Waals surface area contributed by atoms with Crippen molar-refractivity contribution in [1.82, 2.24) is 19.9 Å². The van der Waals surface area contributed by atoms with E-state index in [4.69, 9.17) is 9.26 Å². The fraction of sp³-hybridized carbons (Fsp3) is 0.550. The van der Waals surface area contributed by atoms with Crippen molar-refractivity contribution < 1.29 is 18.4 Å². The lowest BCUT2D eigenvalue weighted by Crippen LogP contribution is -2.43. The lowest BCUT2D eigenvalue weighted by molar-refractivity contribution is -0.137. The van der Waals surface area contributed by atoms with Crippen LogP contribution in [0.4, 0.5) is 4.39 Å². The van der Waals surface area contributed by atoms with Crippen LogP contribution in [0.1, 0.15) is 30.1 Å². The molecule has 7 nitrogen and oxygen atoms in total. The minimum absolute atomic E-state index is 0.0700. The first-order valence-corrected chi connectivity index (χ1v) is 9.57. The molecule has 1 saturated heterocycles. The Hall–Kier alpha value is -2.32. The molecule has 0 spiro atoms. The normalized spacial score (nSPS) is 17.6. The van der Waals surface area contributed by atoms with Crippen LogP contribution in [0.2, 0.25) is 0 Å². The van der Waals surface area contributed by atoms with Gasteiger partial charge in [-0.05, 0) is 37.1 Å². The number of likely N-dealkylation sites (tertiary alicyclic amines) is 1. The molecule has 3 rings (SSSR count). The van der Waals surface area contributed by atoms with Gasteiger partial charge >= 0.3 is 0 Å². The number of carbonyl (C=O) groups excluding carboxylic acids is 1. The molecular weight excluding hydrogens is 363 g/mol. The highest BCUT2D eigenvalue weighted by Gasteiger charge is 2.28. The summed E-state index contributed by atoms with van der Waals surface area (Å²) in [6.45, 7) is 3.05. The summed E-state index contributed by atoms with van der Waals surface area (Å²) in [5.41, 5.74) is 0.927. The van der Waals surface area contributed by atoms with Crippen molar-refractivity contribution in [3.8, 4) is 0 Å². The second-order valence-corrected chi connectivity index (χ2v) is 7.25. The van der Waals surface area contributed by atoms with Gasteiger partial charge in [-0.3, -0.25) is 9.69 Å². The first kappa shape index (κ1) is 20.4. The zero-order valence-corrected chi connectivity index (χ0v) is 16.4. The Bertz CT molecular complexity index is 782. The van der Waals surface area contributed by atoms with Crippen LogP contribution in [0.15, 0.2) is 28.8 Å². The molecule has 152 valence electrons. The van der Waals surface area contributed by atoms with Crippen LogP contribution in [-0.2, 0) is 29.0 Å². The summed E-state index contributed by atoms with van der Waals surface area (Å²) in [7, 11) is 3.38. The second-order valence-electron chi connectivity index (χ2n) is 7.25. The third kappa shape index (κ3) is 5.59. The van der Waals surface area contributed by atoms with Gasteiger partial charge in [-0.2, -0.15) is 4.98 Å². The van der Waals surface area contributed by atoms with E-state index in [1.165, 1.54) is 6.07 Å². The van der Waals surface area contributed by atoms with E-state index in [1.807, 2.05) is 6.07 Å². The molecule has 0 radical (unpaired) electrons. The number of rotatable bonds is 8. The Balaban J connectivity index is 1.53. The quantitative estimate of drug-likeness (QED) is 0.689. The third-order valence-corrected chi connectivity index (χ3v) is 4.94. The number of piperidine rings is 1. The van der Waals surface area contributed by atoms with E-state index in [9.17, 15) is 9.18 Å². The summed E-state index contributed by atoms with van der Waals surface area (Å²) in [4.78, 5) is 21.0. The van der Waals surface area contributed by atoms with Crippen molar-refractivity contribution in [3.63, 3.8) is 0 Å². The Labute approximate surface area is 164 Å². The fourth-order valence-corrected chi connectivity index (χ4v) is 3.54. The average Bonchev–Trinajstić information content (AvgIpc) is 3.13. The Morgan fingerprint density at radius 2 is 2.32 bits per heavy atom. The van der Waals surface area contributed by atoms with Gasteiger partial charge in [0.15, 0.2) is 5.82 Å². The van der Waals surface area contributed by atoms with Gasteiger partial charge < -0.3 is 14.2 Å². The summed E-state index contributed by atoms with van der Waals surface area (Å²) < 4.78 is 23.6. The Morgan fingerprint density at radius 1 is 1.46 bits per heavy atom. The first-order valence-electron chi connectivity index (χ1n) is 9.57. The molecule has 0 aliphatic carbocycles. The number of hydrogen-bond donors (Lipinski definition) is 0. The predicted molar refractivity (Wildman–Crippen MR) is 101 cm³/mol. The molecule has 0 saturated carbocycles. The van der Waals surface area contributed by atoms with Gasteiger partial charge in [0.1, 0.15) is 5.82 Å². The topological polar surface area (TPSA) is 71.7 Å². The lowest BCUT2D eigenvalue weighted by atomic mass is 9.96. The molecule has 2 heterocycles. The molecule has 8 heteroatoms. The number of ether oxygens (including phenoxy) is 1. The van der Waals surface area contributed by atoms with Crippen LogP contribution in [-0.4, -0.2) is 59.7 Å². The smallest absolute Gasteiger partial charge is 0.246 e. The first-order chi connectivity index (χ1) is 13.5. The van der Waals surface area contributed by atoms with E-state index >= 15 is 0 Å². The monoisotopic (exact) mass is 390 g/mol. The van der Waals surface area contributed by atoms with E-state index in [1.54, 1.807) is 31.2 Å². The number of carbonyl (C=O) groups is 1. The Kier molecular flexibility index (Phi) is 7.11. The number of methoxy groups -OCH3 is 1. The van der Waals surface area contributed by atoms with E-state index in [2.05, 4.69) is 15.0 Å². The van der Waals surface area contributed by atoms with Crippen LogP contribution in [0.3, 0.4) is 0 Å². The van der Waals surface area contributed by atoms with E-state index in [0.29, 0.717) is 44.4 Å². The maximum Gasteiger partial charge on any atom is 0.246 e. The van der Waals surface area contributed by atoms with Crippen LogP contribution in [0.25, 0.3) is 0 Å². The van der Waals surface area contributed by atoms with Crippen molar-refractivity contribution in [1.29, 1.82) is 0 Å². The van der Waals surface area contributed by atoms with Gasteiger partial charge in [0.05, 0.1) is 19.1 Å². The van der Waals surface area contributed by atoms with Crippen LogP contribution >= 0.6 is 0 Å². The molecule has 1 atom stereocenters. The van der Waals surface area contributed by atoms with Crippen molar-refractivity contribution in [3.05, 3.63) is 47.4 Å². The zero-order chi connectivity index (χ0) is 19.9. The predicted octanol–water partition coefficient (Wildman–Crippen LogP) is 2.27. The summed E-state index contributed by atoms with van der Waals surface area (Å²) in [6, 6.07) is 6.63. The molecule has 28 heavy (non-hydrogen) atoms. The van der Waals surface area contributed by atoms with Crippen molar-refractivity contribution in [2.45, 2.75) is 32.4 Å². The van der Waals surface area contributed by atoms with E-state index in [0.717, 1.165) is 24.9 Å². The molecule has 1 aromatic heterocycles. The maximum absolute atomic E-state index is 13.4. The highest BCUT2D eigenvalue weighted by Crippen LogP contribution is 2.21. The minimum Gasteiger partial charge on any atom is -0.384 e. The van der Waals surface area contributed by atoms with Gasteiger partial charge in [-0.15, -0.1) is 0 Å². The standard InChI is InChI=1S/C20H27FN4O3/c1-24(14-19-22-18(23-28-19)8-10-27-2)20(26)16-6-4-9-25(13-16)12-15-5-3-7-17(21)11-15/h3,5,7,11,16H,4,6,8-10,12-14H2,1-2H3. The second kappa shape index (κ2) is 9.75. The molecule has 0 bridgehead atoms. The molecule has 2 aromatic rings. The SMILES string of the molecule is COCCc1noc(CN(C)C(=O)C2CCCN(Cc3cccc(F)c3)C2)n1. The zero-order valence-electron chi connectivity index (χ0n) is 16.4.